The number of ether oxygens (including phenoxy) is 2. The molecule has 4 rings (SSSR count). The van der Waals surface area contributed by atoms with Gasteiger partial charge < -0.3 is 24.8 Å². The van der Waals surface area contributed by atoms with Gasteiger partial charge in [0.15, 0.2) is 0 Å². The third-order valence-corrected chi connectivity index (χ3v) is 8.58. The Bertz CT molecular complexity index is 1020. The van der Waals surface area contributed by atoms with Gasteiger partial charge in [-0.3, -0.25) is 14.4 Å². The largest absolute Gasteiger partial charge is 0.466 e. The molecule has 0 saturated carbocycles. The van der Waals surface area contributed by atoms with Gasteiger partial charge in [-0.15, -0.1) is 0 Å². The number of hydrogen-bond acceptors (Lipinski definition) is 6. The molecule has 1 aromatic carbocycles. The summed E-state index contributed by atoms with van der Waals surface area (Å²) in [6, 6.07) is 4.19. The molecule has 3 unspecified atom stereocenters. The van der Waals surface area contributed by atoms with Crippen LogP contribution < -0.4 is 5.32 Å². The second-order valence-electron chi connectivity index (χ2n) is 11.0. The second kappa shape index (κ2) is 8.89. The number of nitrogens with zero attached hydrogens (tertiary/aromatic N) is 1. The molecule has 8 nitrogen and oxygen atoms in total. The van der Waals surface area contributed by atoms with E-state index >= 15 is 0 Å². The predicted molar refractivity (Wildman–Crippen MR) is 131 cm³/mol. The summed E-state index contributed by atoms with van der Waals surface area (Å²) in [7, 11) is 0. The van der Waals surface area contributed by atoms with Crippen molar-refractivity contribution in [1.29, 1.82) is 0 Å². The molecule has 0 aromatic heterocycles. The molecule has 2 amide bonds. The van der Waals surface area contributed by atoms with E-state index in [4.69, 9.17) is 9.47 Å². The second-order valence-corrected chi connectivity index (χ2v) is 11.0. The lowest BCUT2D eigenvalue weighted by Gasteiger charge is -2.38. The van der Waals surface area contributed by atoms with Crippen molar-refractivity contribution >= 4 is 23.5 Å². The maximum atomic E-state index is 14.1. The van der Waals surface area contributed by atoms with Crippen LogP contribution in [-0.4, -0.2) is 64.3 Å². The highest BCUT2D eigenvalue weighted by Crippen LogP contribution is 2.65. The number of amides is 2. The third kappa shape index (κ3) is 3.59. The maximum absolute atomic E-state index is 14.1. The van der Waals surface area contributed by atoms with Crippen molar-refractivity contribution in [1.82, 2.24) is 4.90 Å². The van der Waals surface area contributed by atoms with E-state index in [9.17, 15) is 19.5 Å². The Morgan fingerprint density at radius 3 is 2.46 bits per heavy atom. The normalized spacial score (nSPS) is 34.3. The highest BCUT2D eigenvalue weighted by atomic mass is 16.6. The predicted octanol–water partition coefficient (Wildman–Crippen LogP) is 2.83. The molecule has 3 aliphatic rings. The monoisotopic (exact) mass is 486 g/mol. The van der Waals surface area contributed by atoms with Crippen molar-refractivity contribution in [3.8, 4) is 0 Å². The van der Waals surface area contributed by atoms with Gasteiger partial charge in [0, 0.05) is 5.69 Å². The quantitative estimate of drug-likeness (QED) is 0.575. The highest BCUT2D eigenvalue weighted by molar-refractivity contribution is 6.04. The molecule has 0 aliphatic carbocycles. The number of likely N-dealkylation sites (tertiary alicyclic amines) is 1. The minimum Gasteiger partial charge on any atom is -0.466 e. The third-order valence-electron chi connectivity index (χ3n) is 8.58. The number of para-hydroxylation sites is 1. The van der Waals surface area contributed by atoms with Crippen molar-refractivity contribution in [3.05, 3.63) is 29.3 Å². The van der Waals surface area contributed by atoms with E-state index in [2.05, 4.69) is 5.32 Å². The van der Waals surface area contributed by atoms with Crippen LogP contribution in [0.3, 0.4) is 0 Å². The van der Waals surface area contributed by atoms with Gasteiger partial charge >= 0.3 is 5.97 Å². The number of rotatable bonds is 7. The summed E-state index contributed by atoms with van der Waals surface area (Å²) in [5.41, 5.74) is 0.427. The Labute approximate surface area is 207 Å². The van der Waals surface area contributed by atoms with Crippen LogP contribution in [-0.2, 0) is 23.9 Å². The average Bonchev–Trinajstić information content (AvgIpc) is 3.29. The molecule has 7 atom stereocenters. The zero-order valence-corrected chi connectivity index (χ0v) is 21.8. The van der Waals surface area contributed by atoms with Crippen LogP contribution in [0.5, 0.6) is 0 Å². The molecule has 3 fully saturated rings. The van der Waals surface area contributed by atoms with Crippen LogP contribution in [0.1, 0.15) is 52.2 Å². The zero-order valence-electron chi connectivity index (χ0n) is 21.8. The molecule has 35 heavy (non-hydrogen) atoms. The lowest BCUT2D eigenvalue weighted by molar-refractivity contribution is -0.162. The lowest BCUT2D eigenvalue weighted by atomic mass is 9.62. The van der Waals surface area contributed by atoms with Crippen LogP contribution >= 0.6 is 0 Å². The lowest BCUT2D eigenvalue weighted by Crippen LogP contribution is -2.57. The van der Waals surface area contributed by atoms with Crippen LogP contribution in [0.25, 0.3) is 0 Å². The van der Waals surface area contributed by atoms with E-state index in [0.29, 0.717) is 12.1 Å². The van der Waals surface area contributed by atoms with E-state index < -0.39 is 41.1 Å². The number of carbonyl (C=O) groups excluding carboxylic acids is 3. The first-order chi connectivity index (χ1) is 16.4. The van der Waals surface area contributed by atoms with Gasteiger partial charge in [0.1, 0.15) is 17.6 Å². The van der Waals surface area contributed by atoms with E-state index in [1.54, 1.807) is 6.92 Å². The number of aliphatic hydroxyl groups excluding tert-OH is 1. The smallest absolute Gasteiger partial charge is 0.312 e. The number of carbonyl (C=O) groups is 3. The fourth-order valence-electron chi connectivity index (χ4n) is 6.75. The number of esters is 1. The maximum Gasteiger partial charge on any atom is 0.312 e. The summed E-state index contributed by atoms with van der Waals surface area (Å²) in [6.07, 6.45) is 0.466. The van der Waals surface area contributed by atoms with Crippen molar-refractivity contribution in [2.75, 3.05) is 18.5 Å². The van der Waals surface area contributed by atoms with Gasteiger partial charge in [-0.2, -0.15) is 0 Å². The summed E-state index contributed by atoms with van der Waals surface area (Å²) >= 11 is 0. The van der Waals surface area contributed by atoms with Crippen LogP contribution in [0.15, 0.2) is 18.2 Å². The number of nitrogens with one attached hydrogen (secondary N) is 1. The van der Waals surface area contributed by atoms with E-state index in [1.165, 1.54) is 4.90 Å². The summed E-state index contributed by atoms with van der Waals surface area (Å²) in [4.78, 5) is 42.9. The fourth-order valence-corrected chi connectivity index (χ4v) is 6.75. The van der Waals surface area contributed by atoms with Gasteiger partial charge in [0.25, 0.3) is 0 Å². The summed E-state index contributed by atoms with van der Waals surface area (Å²) in [6.45, 7) is 13.1. The molecule has 2 N–H and O–H groups in total. The Morgan fingerprint density at radius 2 is 1.91 bits per heavy atom. The number of aliphatic hydroxyl groups is 1. The molecular weight excluding hydrogens is 448 g/mol. The van der Waals surface area contributed by atoms with Crippen molar-refractivity contribution in [3.63, 3.8) is 0 Å². The Morgan fingerprint density at radius 1 is 1.29 bits per heavy atom. The Hall–Kier alpha value is -2.45. The number of aryl methyl sites for hydroxylation is 2. The van der Waals surface area contributed by atoms with E-state index in [-0.39, 0.29) is 36.9 Å². The summed E-state index contributed by atoms with van der Waals surface area (Å²) < 4.78 is 12.1. The first-order valence-electron chi connectivity index (χ1n) is 12.6. The first kappa shape index (κ1) is 25.6. The molecule has 3 saturated heterocycles. The van der Waals surface area contributed by atoms with Crippen molar-refractivity contribution in [2.45, 2.75) is 78.2 Å². The van der Waals surface area contributed by atoms with Crippen LogP contribution in [0.4, 0.5) is 5.69 Å². The zero-order chi connectivity index (χ0) is 25.9. The van der Waals surface area contributed by atoms with Crippen molar-refractivity contribution in [2.24, 2.45) is 23.7 Å². The molecule has 1 spiro atoms. The summed E-state index contributed by atoms with van der Waals surface area (Å²) in [5.74, 6) is -2.99. The van der Waals surface area contributed by atoms with Crippen molar-refractivity contribution < 1.29 is 29.0 Å². The van der Waals surface area contributed by atoms with Crippen LogP contribution in [0.2, 0.25) is 0 Å². The number of anilines is 1. The minimum atomic E-state index is -1.17. The van der Waals surface area contributed by atoms with Gasteiger partial charge in [-0.1, -0.05) is 39.0 Å². The number of benzene rings is 1. The van der Waals surface area contributed by atoms with Crippen LogP contribution in [0, 0.1) is 37.5 Å². The topological polar surface area (TPSA) is 105 Å². The summed E-state index contributed by atoms with van der Waals surface area (Å²) in [5, 5.41) is 13.4. The number of fused-ring (bicyclic) bond motifs is 1. The first-order valence-corrected chi connectivity index (χ1v) is 12.6. The average molecular weight is 487 g/mol. The Kier molecular flexibility index (Phi) is 6.51. The minimum absolute atomic E-state index is 0.0666. The van der Waals surface area contributed by atoms with Gasteiger partial charge in [-0.05, 0) is 57.1 Å². The molecule has 3 heterocycles. The highest BCUT2D eigenvalue weighted by Gasteiger charge is 2.80. The molecule has 0 radical (unpaired) electrons. The molecule has 2 bridgehead atoms. The molecule has 192 valence electrons. The van der Waals surface area contributed by atoms with Gasteiger partial charge in [0.2, 0.25) is 11.8 Å². The van der Waals surface area contributed by atoms with E-state index in [1.807, 2.05) is 59.7 Å². The fraction of sp³-hybridized carbons (Fsp3) is 0.667. The molecule has 1 aromatic rings. The Balaban J connectivity index is 1.85. The van der Waals surface area contributed by atoms with Gasteiger partial charge in [-0.25, -0.2) is 0 Å². The number of hydrogen-bond donors (Lipinski definition) is 2. The SMILES string of the molecule is CCOC(=O)[C@@H]1[C@H]2C(=O)N([C@@H](CO)C(C)C)C(C(=O)Nc3c(C)cccc3C)C23CC(C)[C@@]1(C)O3. The molecule has 8 heteroatoms. The molecule has 3 aliphatic heterocycles. The van der Waals surface area contributed by atoms with E-state index in [0.717, 1.165) is 11.1 Å². The standard InChI is InChI=1S/C27H38N2O6/c1-8-34-25(33)20-19-24(32)29(18(13-30)14(2)3)22(27(19)12-17(6)26(20,7)35-27)23(31)28-21-15(4)10-9-11-16(21)5/h9-11,14,17-20,22,30H,8,12-13H2,1-7H3,(H,28,31)/t17?,18-,19-,20-,22?,26+,27?/m0/s1. The van der Waals surface area contributed by atoms with Gasteiger partial charge in [0.05, 0.1) is 30.8 Å². The molecular formula is C27H38N2O6.